The van der Waals surface area contributed by atoms with Gasteiger partial charge in [-0.3, -0.25) is 4.98 Å². The minimum Gasteiger partial charge on any atom is -0.384 e. The van der Waals surface area contributed by atoms with Crippen LogP contribution in [0.1, 0.15) is 26.7 Å². The molecule has 0 radical (unpaired) electrons. The number of hydrogen-bond acceptors (Lipinski definition) is 5. The molecule has 1 aliphatic rings. The Morgan fingerprint density at radius 2 is 1.71 bits per heavy atom. The average molecular weight is 371 g/mol. The molecule has 1 unspecified atom stereocenters. The average Bonchev–Trinajstić information content (AvgIpc) is 2.67. The number of aromatic nitrogens is 3. The number of benzene rings is 1. The van der Waals surface area contributed by atoms with Crippen LogP contribution in [0.2, 0.25) is 0 Å². The molecule has 3 heterocycles. The van der Waals surface area contributed by atoms with E-state index in [9.17, 15) is 0 Å². The van der Waals surface area contributed by atoms with E-state index in [2.05, 4.69) is 65.3 Å². The summed E-state index contributed by atoms with van der Waals surface area (Å²) in [7, 11) is 0. The summed E-state index contributed by atoms with van der Waals surface area (Å²) < 4.78 is 0. The highest BCUT2D eigenvalue weighted by Gasteiger charge is 2.29. The summed E-state index contributed by atoms with van der Waals surface area (Å²) in [4.78, 5) is 13.5. The van der Waals surface area contributed by atoms with E-state index in [1.807, 2.05) is 30.5 Å². The van der Waals surface area contributed by atoms with Crippen LogP contribution in [-0.2, 0) is 0 Å². The maximum absolute atomic E-state index is 4.72. The largest absolute Gasteiger partial charge is 0.384 e. The Balaban J connectivity index is 1.52. The van der Waals surface area contributed by atoms with Gasteiger partial charge in [-0.25, -0.2) is 9.97 Å². The van der Waals surface area contributed by atoms with Crippen molar-refractivity contribution in [2.24, 2.45) is 0 Å². The van der Waals surface area contributed by atoms with Crippen LogP contribution < -0.4 is 10.6 Å². The first-order valence-corrected chi connectivity index (χ1v) is 9.56. The van der Waals surface area contributed by atoms with Gasteiger partial charge in [-0.15, -0.1) is 0 Å². The SMILES string of the molecule is C=C1CC(Nc2nccc(-c3ccc(-c4ccccn4)cc3)n2)CC(C)(C)N1. The fourth-order valence-electron chi connectivity index (χ4n) is 3.79. The zero-order chi connectivity index (χ0) is 19.6. The van der Waals surface area contributed by atoms with Crippen LogP contribution >= 0.6 is 0 Å². The number of rotatable bonds is 4. The van der Waals surface area contributed by atoms with Crippen LogP contribution in [0.4, 0.5) is 5.95 Å². The van der Waals surface area contributed by atoms with Crippen molar-refractivity contribution >= 4 is 5.95 Å². The number of piperidine rings is 1. The molecule has 142 valence electrons. The molecule has 3 aromatic rings. The number of nitrogens with one attached hydrogen (secondary N) is 2. The normalized spacial score (nSPS) is 18.4. The minimum absolute atomic E-state index is 0.0198. The van der Waals surface area contributed by atoms with E-state index in [-0.39, 0.29) is 11.6 Å². The van der Waals surface area contributed by atoms with Gasteiger partial charge < -0.3 is 10.6 Å². The number of pyridine rings is 1. The summed E-state index contributed by atoms with van der Waals surface area (Å²) in [6.07, 6.45) is 5.47. The number of nitrogens with zero attached hydrogens (tertiary/aromatic N) is 3. The molecule has 1 aromatic carbocycles. The van der Waals surface area contributed by atoms with Gasteiger partial charge in [0.1, 0.15) is 0 Å². The van der Waals surface area contributed by atoms with Gasteiger partial charge in [0, 0.05) is 47.2 Å². The number of hydrogen-bond donors (Lipinski definition) is 2. The molecule has 4 rings (SSSR count). The summed E-state index contributed by atoms with van der Waals surface area (Å²) in [5, 5.41) is 6.93. The van der Waals surface area contributed by atoms with Crippen LogP contribution in [0, 0.1) is 0 Å². The Kier molecular flexibility index (Phi) is 4.82. The Hall–Kier alpha value is -3.21. The molecule has 1 fully saturated rings. The lowest BCUT2D eigenvalue weighted by Crippen LogP contribution is -2.48. The Morgan fingerprint density at radius 3 is 2.39 bits per heavy atom. The van der Waals surface area contributed by atoms with E-state index in [4.69, 9.17) is 4.98 Å². The van der Waals surface area contributed by atoms with Crippen molar-refractivity contribution in [2.75, 3.05) is 5.32 Å². The molecule has 1 atom stereocenters. The Labute approximate surface area is 166 Å². The quantitative estimate of drug-likeness (QED) is 0.698. The Bertz CT molecular complexity index is 964. The molecule has 0 bridgehead atoms. The van der Waals surface area contributed by atoms with E-state index in [1.54, 1.807) is 6.20 Å². The predicted molar refractivity (Wildman–Crippen MR) is 114 cm³/mol. The van der Waals surface area contributed by atoms with E-state index < -0.39 is 0 Å². The highest BCUT2D eigenvalue weighted by Crippen LogP contribution is 2.26. The first-order valence-electron chi connectivity index (χ1n) is 9.56. The van der Waals surface area contributed by atoms with Gasteiger partial charge in [-0.05, 0) is 38.5 Å². The molecule has 2 N–H and O–H groups in total. The molecule has 5 nitrogen and oxygen atoms in total. The van der Waals surface area contributed by atoms with Crippen molar-refractivity contribution in [3.05, 3.63) is 73.2 Å². The van der Waals surface area contributed by atoms with Crippen molar-refractivity contribution < 1.29 is 0 Å². The lowest BCUT2D eigenvalue weighted by atomic mass is 9.88. The van der Waals surface area contributed by atoms with Gasteiger partial charge in [0.05, 0.1) is 11.4 Å². The van der Waals surface area contributed by atoms with Crippen molar-refractivity contribution in [3.8, 4) is 22.5 Å². The smallest absolute Gasteiger partial charge is 0.223 e. The summed E-state index contributed by atoms with van der Waals surface area (Å²) >= 11 is 0. The van der Waals surface area contributed by atoms with Gasteiger partial charge in [-0.2, -0.15) is 0 Å². The third-order valence-corrected chi connectivity index (χ3v) is 4.89. The van der Waals surface area contributed by atoms with E-state index in [1.165, 1.54) is 0 Å². The highest BCUT2D eigenvalue weighted by atomic mass is 15.1. The third kappa shape index (κ3) is 4.19. The molecule has 28 heavy (non-hydrogen) atoms. The fourth-order valence-corrected chi connectivity index (χ4v) is 3.79. The van der Waals surface area contributed by atoms with Crippen LogP contribution in [0.3, 0.4) is 0 Å². The second-order valence-electron chi connectivity index (χ2n) is 7.92. The van der Waals surface area contributed by atoms with Crippen LogP contribution in [0.25, 0.3) is 22.5 Å². The molecule has 0 saturated carbocycles. The Morgan fingerprint density at radius 1 is 0.964 bits per heavy atom. The van der Waals surface area contributed by atoms with Gasteiger partial charge in [0.25, 0.3) is 0 Å². The fraction of sp³-hybridized carbons (Fsp3) is 0.261. The topological polar surface area (TPSA) is 62.7 Å². The maximum atomic E-state index is 4.72. The molecular formula is C23H25N5. The molecule has 2 aromatic heterocycles. The summed E-state index contributed by atoms with van der Waals surface area (Å²) in [5.74, 6) is 0.654. The number of anilines is 1. The molecular weight excluding hydrogens is 346 g/mol. The molecule has 0 amide bonds. The van der Waals surface area contributed by atoms with Crippen molar-refractivity contribution in [1.82, 2.24) is 20.3 Å². The van der Waals surface area contributed by atoms with Crippen molar-refractivity contribution in [3.63, 3.8) is 0 Å². The zero-order valence-corrected chi connectivity index (χ0v) is 16.3. The first kappa shape index (κ1) is 18.2. The molecule has 1 saturated heterocycles. The van der Waals surface area contributed by atoms with Gasteiger partial charge >= 0.3 is 0 Å². The predicted octanol–water partition coefficient (Wildman–Crippen LogP) is 4.66. The second-order valence-corrected chi connectivity index (χ2v) is 7.92. The molecule has 5 heteroatoms. The summed E-state index contributed by atoms with van der Waals surface area (Å²) in [5.41, 5.74) is 5.08. The van der Waals surface area contributed by atoms with E-state index >= 15 is 0 Å². The van der Waals surface area contributed by atoms with Gasteiger partial charge in [0.15, 0.2) is 0 Å². The second kappa shape index (κ2) is 7.43. The lowest BCUT2D eigenvalue weighted by molar-refractivity contribution is 0.324. The molecule has 0 aliphatic carbocycles. The van der Waals surface area contributed by atoms with Crippen LogP contribution in [0.5, 0.6) is 0 Å². The zero-order valence-electron chi connectivity index (χ0n) is 16.3. The van der Waals surface area contributed by atoms with Crippen molar-refractivity contribution in [2.45, 2.75) is 38.3 Å². The first-order chi connectivity index (χ1) is 13.5. The monoisotopic (exact) mass is 371 g/mol. The van der Waals surface area contributed by atoms with Gasteiger partial charge in [0.2, 0.25) is 5.95 Å². The van der Waals surface area contributed by atoms with Crippen LogP contribution in [-0.4, -0.2) is 26.5 Å². The van der Waals surface area contributed by atoms with E-state index in [0.29, 0.717) is 5.95 Å². The summed E-state index contributed by atoms with van der Waals surface area (Å²) in [6, 6.07) is 16.4. The standard InChI is InChI=1S/C23H25N5/c1-16-14-19(15-23(2,3)28-16)26-22-25-13-11-21(27-22)18-9-7-17(8-10-18)20-6-4-5-12-24-20/h4-13,19,28H,1,14-15H2,2-3H3,(H,25,26,27). The van der Waals surface area contributed by atoms with E-state index in [0.717, 1.165) is 41.1 Å². The van der Waals surface area contributed by atoms with Crippen molar-refractivity contribution in [1.29, 1.82) is 0 Å². The van der Waals surface area contributed by atoms with Crippen LogP contribution in [0.15, 0.2) is 73.2 Å². The van der Waals surface area contributed by atoms with Gasteiger partial charge in [-0.1, -0.05) is 36.9 Å². The third-order valence-electron chi connectivity index (χ3n) is 4.89. The molecule has 0 spiro atoms. The maximum Gasteiger partial charge on any atom is 0.223 e. The lowest BCUT2D eigenvalue weighted by Gasteiger charge is -2.38. The minimum atomic E-state index is 0.0198. The molecule has 1 aliphatic heterocycles. The summed E-state index contributed by atoms with van der Waals surface area (Å²) in [6.45, 7) is 8.48. The highest BCUT2D eigenvalue weighted by molar-refractivity contribution is 5.67.